The second kappa shape index (κ2) is 7.23. The maximum atomic E-state index is 11.4. The van der Waals surface area contributed by atoms with E-state index < -0.39 is 12.1 Å². The molecule has 0 fully saturated rings. The summed E-state index contributed by atoms with van der Waals surface area (Å²) in [5.74, 6) is -1.17. The minimum absolute atomic E-state index is 0.0456. The number of aliphatic carboxylic acids is 1. The minimum atomic E-state index is -0.904. The summed E-state index contributed by atoms with van der Waals surface area (Å²) in [4.78, 5) is 21.9. The van der Waals surface area contributed by atoms with Crippen molar-refractivity contribution in [1.82, 2.24) is 5.32 Å². The van der Waals surface area contributed by atoms with Gasteiger partial charge in [-0.1, -0.05) is 13.3 Å². The number of rotatable bonds is 7. The molecule has 1 amide bonds. The Bertz CT molecular complexity index is 217. The second-order valence-electron chi connectivity index (χ2n) is 3.47. The number of hydrogen-bond donors (Lipinski definition) is 2. The van der Waals surface area contributed by atoms with Gasteiger partial charge < -0.3 is 15.2 Å². The molecule has 0 saturated heterocycles. The van der Waals surface area contributed by atoms with Crippen LogP contribution >= 0.6 is 0 Å². The summed E-state index contributed by atoms with van der Waals surface area (Å²) < 4.78 is 4.84. The van der Waals surface area contributed by atoms with Crippen molar-refractivity contribution in [3.05, 3.63) is 0 Å². The predicted molar refractivity (Wildman–Crippen MR) is 55.6 cm³/mol. The molecule has 88 valence electrons. The maximum Gasteiger partial charge on any atom is 0.305 e. The monoisotopic (exact) mass is 217 g/mol. The average Bonchev–Trinajstić information content (AvgIpc) is 2.15. The van der Waals surface area contributed by atoms with Gasteiger partial charge >= 0.3 is 5.97 Å². The lowest BCUT2D eigenvalue weighted by atomic mass is 10.1. The van der Waals surface area contributed by atoms with Crippen LogP contribution in [0, 0.1) is 0 Å². The summed E-state index contributed by atoms with van der Waals surface area (Å²) in [7, 11) is 1.44. The standard InChI is InChI=1S/C10H19NO4/c1-4-5-8(6-9(12)13)11-10(14)7(2)15-3/h7-8H,4-6H2,1-3H3,(H,11,14)(H,12,13). The molecule has 2 N–H and O–H groups in total. The average molecular weight is 217 g/mol. The summed E-state index contributed by atoms with van der Waals surface area (Å²) in [6, 6.07) is -0.308. The van der Waals surface area contributed by atoms with E-state index in [0.29, 0.717) is 6.42 Å². The molecule has 5 nitrogen and oxygen atoms in total. The molecule has 0 saturated carbocycles. The van der Waals surface area contributed by atoms with Crippen LogP contribution in [0.25, 0.3) is 0 Å². The first-order chi connectivity index (χ1) is 7.01. The van der Waals surface area contributed by atoms with Crippen molar-refractivity contribution in [3.63, 3.8) is 0 Å². The molecule has 15 heavy (non-hydrogen) atoms. The number of amides is 1. The lowest BCUT2D eigenvalue weighted by Gasteiger charge is -2.18. The third-order valence-electron chi connectivity index (χ3n) is 2.13. The summed E-state index contributed by atoms with van der Waals surface area (Å²) in [6.45, 7) is 3.57. The largest absolute Gasteiger partial charge is 0.481 e. The quantitative estimate of drug-likeness (QED) is 0.660. The van der Waals surface area contributed by atoms with Gasteiger partial charge in [-0.3, -0.25) is 9.59 Å². The van der Waals surface area contributed by atoms with Gasteiger partial charge in [-0.25, -0.2) is 0 Å². The van der Waals surface area contributed by atoms with Crippen molar-refractivity contribution in [1.29, 1.82) is 0 Å². The fourth-order valence-corrected chi connectivity index (χ4v) is 1.21. The fourth-order valence-electron chi connectivity index (χ4n) is 1.21. The molecule has 0 aliphatic heterocycles. The van der Waals surface area contributed by atoms with Gasteiger partial charge in [0.2, 0.25) is 5.91 Å². The molecule has 2 unspecified atom stereocenters. The van der Waals surface area contributed by atoms with Crippen LogP contribution in [0.1, 0.15) is 33.1 Å². The number of carboxylic acid groups (broad SMARTS) is 1. The summed E-state index contributed by atoms with van der Waals surface area (Å²) >= 11 is 0. The Morgan fingerprint density at radius 3 is 2.47 bits per heavy atom. The van der Waals surface area contributed by atoms with Gasteiger partial charge in [0.15, 0.2) is 0 Å². The number of hydrogen-bond acceptors (Lipinski definition) is 3. The van der Waals surface area contributed by atoms with Gasteiger partial charge in [-0.05, 0) is 13.3 Å². The van der Waals surface area contributed by atoms with Crippen molar-refractivity contribution in [2.24, 2.45) is 0 Å². The number of methoxy groups -OCH3 is 1. The van der Waals surface area contributed by atoms with Gasteiger partial charge in [0.05, 0.1) is 6.42 Å². The molecule has 0 aromatic heterocycles. The number of carbonyl (C=O) groups is 2. The highest BCUT2D eigenvalue weighted by Crippen LogP contribution is 2.03. The zero-order valence-electron chi connectivity index (χ0n) is 9.45. The Labute approximate surface area is 89.8 Å². The van der Waals surface area contributed by atoms with Crippen LogP contribution in [0.15, 0.2) is 0 Å². The Balaban J connectivity index is 4.14. The molecule has 2 atom stereocenters. The highest BCUT2D eigenvalue weighted by molar-refractivity contribution is 5.81. The van der Waals surface area contributed by atoms with E-state index in [1.54, 1.807) is 6.92 Å². The third kappa shape index (κ3) is 6.06. The van der Waals surface area contributed by atoms with Crippen LogP contribution in [0.2, 0.25) is 0 Å². The maximum absolute atomic E-state index is 11.4. The van der Waals surface area contributed by atoms with Crippen molar-refractivity contribution < 1.29 is 19.4 Å². The number of ether oxygens (including phenoxy) is 1. The molecule has 0 rings (SSSR count). The van der Waals surface area contributed by atoms with Crippen LogP contribution in [0.5, 0.6) is 0 Å². The SMILES string of the molecule is CCCC(CC(=O)O)NC(=O)C(C)OC. The summed E-state index contributed by atoms with van der Waals surface area (Å²) in [6.07, 6.45) is 0.905. The first-order valence-corrected chi connectivity index (χ1v) is 5.06. The molecule has 0 aromatic carbocycles. The van der Waals surface area contributed by atoms with E-state index >= 15 is 0 Å². The first-order valence-electron chi connectivity index (χ1n) is 5.06. The van der Waals surface area contributed by atoms with E-state index in [0.717, 1.165) is 6.42 Å². The first kappa shape index (κ1) is 13.9. The van der Waals surface area contributed by atoms with Gasteiger partial charge in [0.1, 0.15) is 6.10 Å². The molecule has 5 heteroatoms. The Morgan fingerprint density at radius 2 is 2.07 bits per heavy atom. The topological polar surface area (TPSA) is 75.6 Å². The molecule has 0 aliphatic rings. The van der Waals surface area contributed by atoms with E-state index in [9.17, 15) is 9.59 Å². The molecule has 0 radical (unpaired) electrons. The van der Waals surface area contributed by atoms with Crippen LogP contribution in [-0.4, -0.2) is 36.2 Å². The molecule has 0 aliphatic carbocycles. The lowest BCUT2D eigenvalue weighted by Crippen LogP contribution is -2.42. The predicted octanol–water partition coefficient (Wildman–Crippen LogP) is 0.781. The van der Waals surface area contributed by atoms with Crippen LogP contribution < -0.4 is 5.32 Å². The normalized spacial score (nSPS) is 14.3. The summed E-state index contributed by atoms with van der Waals surface area (Å²) in [5.41, 5.74) is 0. The van der Waals surface area contributed by atoms with E-state index in [1.165, 1.54) is 7.11 Å². The molecular weight excluding hydrogens is 198 g/mol. The smallest absolute Gasteiger partial charge is 0.305 e. The number of nitrogens with one attached hydrogen (secondary N) is 1. The number of carbonyl (C=O) groups excluding carboxylic acids is 1. The third-order valence-corrected chi connectivity index (χ3v) is 2.13. The Kier molecular flexibility index (Phi) is 6.70. The second-order valence-corrected chi connectivity index (χ2v) is 3.47. The van der Waals surface area contributed by atoms with Gasteiger partial charge in [0, 0.05) is 13.2 Å². The Morgan fingerprint density at radius 1 is 1.47 bits per heavy atom. The van der Waals surface area contributed by atoms with Crippen molar-refractivity contribution in [3.8, 4) is 0 Å². The fraction of sp³-hybridized carbons (Fsp3) is 0.800. The van der Waals surface area contributed by atoms with Crippen LogP contribution in [0.4, 0.5) is 0 Å². The molecule has 0 heterocycles. The minimum Gasteiger partial charge on any atom is -0.481 e. The molecular formula is C10H19NO4. The highest BCUT2D eigenvalue weighted by atomic mass is 16.5. The van der Waals surface area contributed by atoms with Crippen molar-refractivity contribution in [2.75, 3.05) is 7.11 Å². The van der Waals surface area contributed by atoms with Crippen LogP contribution in [-0.2, 0) is 14.3 Å². The number of carboxylic acids is 1. The van der Waals surface area contributed by atoms with Gasteiger partial charge in [-0.2, -0.15) is 0 Å². The zero-order chi connectivity index (χ0) is 11.8. The lowest BCUT2D eigenvalue weighted by molar-refractivity contribution is -0.138. The van der Waals surface area contributed by atoms with E-state index in [-0.39, 0.29) is 18.4 Å². The molecule has 0 aromatic rings. The van der Waals surface area contributed by atoms with Gasteiger partial charge in [0.25, 0.3) is 0 Å². The van der Waals surface area contributed by atoms with E-state index in [4.69, 9.17) is 9.84 Å². The van der Waals surface area contributed by atoms with Crippen LogP contribution in [0.3, 0.4) is 0 Å². The molecule has 0 bridgehead atoms. The highest BCUT2D eigenvalue weighted by Gasteiger charge is 2.18. The summed E-state index contributed by atoms with van der Waals surface area (Å²) in [5, 5.41) is 11.3. The van der Waals surface area contributed by atoms with E-state index in [1.807, 2.05) is 6.92 Å². The van der Waals surface area contributed by atoms with Crippen molar-refractivity contribution >= 4 is 11.9 Å². The zero-order valence-corrected chi connectivity index (χ0v) is 9.45. The van der Waals surface area contributed by atoms with Gasteiger partial charge in [-0.15, -0.1) is 0 Å². The van der Waals surface area contributed by atoms with E-state index in [2.05, 4.69) is 5.32 Å². The van der Waals surface area contributed by atoms with Crippen molar-refractivity contribution in [2.45, 2.75) is 45.3 Å². The molecule has 0 spiro atoms. The Hall–Kier alpha value is -1.10.